The zero-order chi connectivity index (χ0) is 21.5. The van der Waals surface area contributed by atoms with Crippen LogP contribution in [0.15, 0.2) is 42.5 Å². The Morgan fingerprint density at radius 3 is 2.48 bits per heavy atom. The molecule has 0 N–H and O–H groups in total. The summed E-state index contributed by atoms with van der Waals surface area (Å²) in [6.07, 6.45) is 3.89. The van der Waals surface area contributed by atoms with Crippen LogP contribution in [0.1, 0.15) is 46.4 Å². The third-order valence-electron chi connectivity index (χ3n) is 6.49. The molecule has 6 nitrogen and oxygen atoms in total. The number of nitrogens with zero attached hydrogens (tertiary/aromatic N) is 3. The van der Waals surface area contributed by atoms with Crippen LogP contribution >= 0.6 is 11.6 Å². The molecule has 31 heavy (non-hydrogen) atoms. The highest BCUT2D eigenvalue weighted by Gasteiger charge is 2.40. The van der Waals surface area contributed by atoms with Gasteiger partial charge in [0.05, 0.1) is 28.4 Å². The van der Waals surface area contributed by atoms with Crippen LogP contribution in [0.4, 0.5) is 11.4 Å². The van der Waals surface area contributed by atoms with Crippen molar-refractivity contribution in [1.29, 1.82) is 0 Å². The lowest BCUT2D eigenvalue weighted by atomic mass is 9.95. The molecule has 3 aliphatic heterocycles. The summed E-state index contributed by atoms with van der Waals surface area (Å²) >= 11 is 6.09. The van der Waals surface area contributed by atoms with Gasteiger partial charge in [0.15, 0.2) is 0 Å². The molecule has 3 amide bonds. The molecule has 7 heteroatoms. The van der Waals surface area contributed by atoms with E-state index < -0.39 is 0 Å². The van der Waals surface area contributed by atoms with Crippen molar-refractivity contribution in [3.63, 3.8) is 0 Å². The van der Waals surface area contributed by atoms with Gasteiger partial charge in [-0.2, -0.15) is 0 Å². The molecular weight excluding hydrogens is 414 g/mol. The Hall–Kier alpha value is -2.86. The number of halogens is 1. The van der Waals surface area contributed by atoms with Gasteiger partial charge in [0.1, 0.15) is 0 Å². The molecule has 3 aliphatic rings. The van der Waals surface area contributed by atoms with E-state index >= 15 is 0 Å². The number of piperidine rings is 1. The Morgan fingerprint density at radius 1 is 0.935 bits per heavy atom. The van der Waals surface area contributed by atoms with Crippen LogP contribution in [0.25, 0.3) is 0 Å². The molecule has 0 aromatic heterocycles. The van der Waals surface area contributed by atoms with E-state index in [1.807, 2.05) is 17.0 Å². The van der Waals surface area contributed by atoms with Gasteiger partial charge in [-0.3, -0.25) is 14.4 Å². The molecule has 2 saturated heterocycles. The molecule has 0 unspecified atom stereocenters. The van der Waals surface area contributed by atoms with Crippen LogP contribution in [0.3, 0.4) is 0 Å². The average Bonchev–Trinajstić information content (AvgIpc) is 3.41. The van der Waals surface area contributed by atoms with Crippen LogP contribution < -0.4 is 9.80 Å². The second-order valence-electron chi connectivity index (χ2n) is 8.44. The Morgan fingerprint density at radius 2 is 1.71 bits per heavy atom. The summed E-state index contributed by atoms with van der Waals surface area (Å²) in [5.74, 6) is -0.534. The normalized spacial score (nSPS) is 21.1. The topological polar surface area (TPSA) is 60.9 Å². The lowest BCUT2D eigenvalue weighted by Crippen LogP contribution is -2.44. The molecular formula is C24H24ClN3O3. The van der Waals surface area contributed by atoms with Crippen LogP contribution in [0, 0.1) is 5.92 Å². The van der Waals surface area contributed by atoms with Gasteiger partial charge in [0, 0.05) is 31.2 Å². The van der Waals surface area contributed by atoms with E-state index in [1.54, 1.807) is 30.3 Å². The van der Waals surface area contributed by atoms with E-state index in [-0.39, 0.29) is 23.6 Å². The molecule has 0 spiro atoms. The van der Waals surface area contributed by atoms with Gasteiger partial charge in [-0.1, -0.05) is 23.7 Å². The van der Waals surface area contributed by atoms with E-state index in [2.05, 4.69) is 4.90 Å². The summed E-state index contributed by atoms with van der Waals surface area (Å²) in [7, 11) is 0. The number of benzene rings is 2. The molecule has 160 valence electrons. The van der Waals surface area contributed by atoms with Crippen molar-refractivity contribution >= 4 is 40.7 Å². The fraction of sp³-hybridized carbons (Fsp3) is 0.375. The largest absolute Gasteiger partial charge is 0.370 e. The smallest absolute Gasteiger partial charge is 0.268 e. The number of fused-ring (bicyclic) bond motifs is 1. The zero-order valence-corrected chi connectivity index (χ0v) is 18.0. The second-order valence-corrected chi connectivity index (χ2v) is 8.88. The first-order valence-corrected chi connectivity index (χ1v) is 11.2. The number of imide groups is 1. The third-order valence-corrected chi connectivity index (χ3v) is 6.72. The number of carbonyl (C=O) groups excluding carboxylic acids is 3. The number of rotatable bonds is 3. The van der Waals surface area contributed by atoms with Crippen molar-refractivity contribution in [1.82, 2.24) is 4.90 Å². The van der Waals surface area contributed by atoms with Crippen molar-refractivity contribution in [2.45, 2.75) is 25.7 Å². The van der Waals surface area contributed by atoms with E-state index in [0.29, 0.717) is 28.4 Å². The van der Waals surface area contributed by atoms with Crippen LogP contribution in [0.2, 0.25) is 5.02 Å². The molecule has 2 aromatic carbocycles. The molecule has 0 bridgehead atoms. The highest BCUT2D eigenvalue weighted by atomic mass is 35.5. The minimum absolute atomic E-state index is 0.0704. The fourth-order valence-electron chi connectivity index (χ4n) is 4.97. The SMILES string of the molecule is O=C([C@H]1CCCN(c2cccc3c2C(=O)N(c2cccc(Cl)c2)C3=O)C1)N1CCCC1. The average molecular weight is 438 g/mol. The van der Waals surface area contributed by atoms with Gasteiger partial charge in [0.2, 0.25) is 5.91 Å². The molecule has 2 fully saturated rings. The first-order valence-electron chi connectivity index (χ1n) is 10.9. The maximum atomic E-state index is 13.4. The van der Waals surface area contributed by atoms with Crippen molar-refractivity contribution in [2.75, 3.05) is 36.0 Å². The first-order chi connectivity index (χ1) is 15.0. The lowest BCUT2D eigenvalue weighted by Gasteiger charge is -2.36. The quantitative estimate of drug-likeness (QED) is 0.681. The Bertz CT molecular complexity index is 1060. The third kappa shape index (κ3) is 3.49. The van der Waals surface area contributed by atoms with Crippen molar-refractivity contribution < 1.29 is 14.4 Å². The van der Waals surface area contributed by atoms with E-state index in [0.717, 1.165) is 51.0 Å². The monoisotopic (exact) mass is 437 g/mol. The Balaban J connectivity index is 1.45. The molecule has 1 atom stereocenters. The summed E-state index contributed by atoms with van der Waals surface area (Å²) in [4.78, 5) is 44.7. The number of hydrogen-bond donors (Lipinski definition) is 0. The zero-order valence-electron chi connectivity index (χ0n) is 17.2. The summed E-state index contributed by atoms with van der Waals surface area (Å²) in [5, 5.41) is 0.466. The molecule has 0 saturated carbocycles. The van der Waals surface area contributed by atoms with E-state index in [9.17, 15) is 14.4 Å². The standard InChI is InChI=1S/C24H24ClN3O3/c25-17-7-3-8-18(14-17)28-23(30)19-9-4-10-20(21(19)24(28)31)27-13-5-6-16(15-27)22(29)26-11-1-2-12-26/h3-4,7-10,14,16H,1-2,5-6,11-13,15H2/t16-/m0/s1. The number of hydrogen-bond acceptors (Lipinski definition) is 4. The minimum Gasteiger partial charge on any atom is -0.370 e. The summed E-state index contributed by atoms with van der Waals surface area (Å²) in [5.41, 5.74) is 2.02. The van der Waals surface area contributed by atoms with E-state index in [1.165, 1.54) is 4.90 Å². The fourth-order valence-corrected chi connectivity index (χ4v) is 5.16. The summed E-state index contributed by atoms with van der Waals surface area (Å²) in [6, 6.07) is 12.1. The molecule has 3 heterocycles. The maximum absolute atomic E-state index is 13.4. The molecule has 0 aliphatic carbocycles. The van der Waals surface area contributed by atoms with Gasteiger partial charge in [0.25, 0.3) is 11.8 Å². The first kappa shape index (κ1) is 20.1. The predicted octanol–water partition coefficient (Wildman–Crippen LogP) is 3.98. The highest BCUT2D eigenvalue weighted by Crippen LogP contribution is 2.37. The summed E-state index contributed by atoms with van der Waals surface area (Å²) in [6.45, 7) is 3.03. The van der Waals surface area contributed by atoms with Crippen molar-refractivity contribution in [3.05, 3.63) is 58.6 Å². The Kier molecular flexibility index (Phi) is 5.18. The molecule has 0 radical (unpaired) electrons. The number of carbonyl (C=O) groups is 3. The van der Waals surface area contributed by atoms with Gasteiger partial charge < -0.3 is 9.80 Å². The number of anilines is 2. The summed E-state index contributed by atoms with van der Waals surface area (Å²) < 4.78 is 0. The maximum Gasteiger partial charge on any atom is 0.268 e. The minimum atomic E-state index is -0.342. The van der Waals surface area contributed by atoms with Gasteiger partial charge >= 0.3 is 0 Å². The number of likely N-dealkylation sites (tertiary alicyclic amines) is 1. The predicted molar refractivity (Wildman–Crippen MR) is 120 cm³/mol. The molecule has 2 aromatic rings. The van der Waals surface area contributed by atoms with Gasteiger partial charge in [-0.25, -0.2) is 4.90 Å². The Labute approximate surface area is 186 Å². The highest BCUT2D eigenvalue weighted by molar-refractivity contribution is 6.37. The van der Waals surface area contributed by atoms with Crippen LogP contribution in [0.5, 0.6) is 0 Å². The lowest BCUT2D eigenvalue weighted by molar-refractivity contribution is -0.134. The number of amides is 3. The van der Waals surface area contributed by atoms with Crippen molar-refractivity contribution in [3.8, 4) is 0 Å². The van der Waals surface area contributed by atoms with Gasteiger partial charge in [-0.15, -0.1) is 0 Å². The second kappa shape index (κ2) is 8.00. The van der Waals surface area contributed by atoms with Crippen molar-refractivity contribution in [2.24, 2.45) is 5.92 Å². The van der Waals surface area contributed by atoms with Gasteiger partial charge in [-0.05, 0) is 56.0 Å². The van der Waals surface area contributed by atoms with E-state index in [4.69, 9.17) is 11.6 Å². The van der Waals surface area contributed by atoms with Crippen LogP contribution in [-0.2, 0) is 4.79 Å². The van der Waals surface area contributed by atoms with Crippen LogP contribution in [-0.4, -0.2) is 48.8 Å². The molecule has 5 rings (SSSR count).